The van der Waals surface area contributed by atoms with Crippen LogP contribution >= 0.6 is 0 Å². The van der Waals surface area contributed by atoms with Crippen LogP contribution in [0.2, 0.25) is 0 Å². The van der Waals surface area contributed by atoms with Crippen LogP contribution in [-0.2, 0) is 0 Å². The molecule has 176 valence electrons. The highest BCUT2D eigenvalue weighted by molar-refractivity contribution is 6.12. The number of nitro benzene ring substituents is 1. The molecule has 7 rings (SSSR count). The van der Waals surface area contributed by atoms with Crippen LogP contribution in [0.4, 0.5) is 5.69 Å². The van der Waals surface area contributed by atoms with Gasteiger partial charge in [0.25, 0.3) is 5.69 Å². The molecule has 0 aliphatic rings. The molecule has 0 radical (unpaired) electrons. The van der Waals surface area contributed by atoms with Crippen LogP contribution in [0.15, 0.2) is 114 Å². The summed E-state index contributed by atoms with van der Waals surface area (Å²) in [6.45, 7) is 0. The van der Waals surface area contributed by atoms with Gasteiger partial charge < -0.3 is 9.40 Å². The van der Waals surface area contributed by atoms with Gasteiger partial charge in [-0.2, -0.15) is 0 Å². The highest BCUT2D eigenvalue weighted by Crippen LogP contribution is 2.36. The van der Waals surface area contributed by atoms with Crippen LogP contribution < -0.4 is 0 Å². The van der Waals surface area contributed by atoms with Crippen LogP contribution in [0.1, 0.15) is 0 Å². The van der Waals surface area contributed by atoms with Crippen LogP contribution in [-0.4, -0.2) is 14.9 Å². The average molecular weight is 482 g/mol. The molecule has 0 aliphatic heterocycles. The molecular formula is C31H19N3O3. The highest BCUT2D eigenvalue weighted by Gasteiger charge is 2.16. The molecule has 37 heavy (non-hydrogen) atoms. The molecule has 0 atom stereocenters. The predicted molar refractivity (Wildman–Crippen MR) is 146 cm³/mol. The third kappa shape index (κ3) is 3.54. The van der Waals surface area contributed by atoms with Gasteiger partial charge in [-0.1, -0.05) is 54.6 Å². The Morgan fingerprint density at radius 1 is 0.676 bits per heavy atom. The zero-order chi connectivity index (χ0) is 24.9. The van der Waals surface area contributed by atoms with E-state index in [4.69, 9.17) is 9.40 Å². The van der Waals surface area contributed by atoms with Gasteiger partial charge in [0.05, 0.1) is 10.5 Å². The molecule has 0 unspecified atom stereocenters. The fourth-order valence-corrected chi connectivity index (χ4v) is 4.95. The number of rotatable bonds is 4. The quantitative estimate of drug-likeness (QED) is 0.202. The number of aromatic amines is 1. The number of hydrogen-bond acceptors (Lipinski definition) is 4. The lowest BCUT2D eigenvalue weighted by Gasteiger charge is -2.07. The number of hydrogen-bond donors (Lipinski definition) is 1. The summed E-state index contributed by atoms with van der Waals surface area (Å²) in [5.74, 6) is 0.597. The van der Waals surface area contributed by atoms with Gasteiger partial charge in [-0.05, 0) is 65.2 Å². The lowest BCUT2D eigenvalue weighted by atomic mass is 9.97. The van der Waals surface area contributed by atoms with E-state index in [2.05, 4.69) is 23.2 Å². The van der Waals surface area contributed by atoms with Gasteiger partial charge in [-0.3, -0.25) is 10.1 Å². The molecule has 1 N–H and O–H groups in total. The van der Waals surface area contributed by atoms with E-state index in [0.29, 0.717) is 11.5 Å². The maximum atomic E-state index is 11.6. The number of fused-ring (bicyclic) bond motifs is 4. The number of para-hydroxylation sites is 1. The van der Waals surface area contributed by atoms with E-state index in [9.17, 15) is 10.1 Å². The first-order valence-electron chi connectivity index (χ1n) is 11.9. The van der Waals surface area contributed by atoms with Crippen LogP contribution in [0, 0.1) is 10.1 Å². The lowest BCUT2D eigenvalue weighted by Crippen LogP contribution is -1.91. The molecular weight excluding hydrogens is 462 g/mol. The lowest BCUT2D eigenvalue weighted by molar-refractivity contribution is -0.384. The van der Waals surface area contributed by atoms with Gasteiger partial charge in [0.1, 0.15) is 5.52 Å². The molecule has 0 saturated carbocycles. The molecule has 0 aliphatic carbocycles. The highest BCUT2D eigenvalue weighted by atomic mass is 16.6. The van der Waals surface area contributed by atoms with Gasteiger partial charge in [0.15, 0.2) is 5.58 Å². The summed E-state index contributed by atoms with van der Waals surface area (Å²) in [5, 5.41) is 13.7. The first-order chi connectivity index (χ1) is 18.1. The van der Waals surface area contributed by atoms with Crippen molar-refractivity contribution in [2.24, 2.45) is 0 Å². The molecule has 0 fully saturated rings. The van der Waals surface area contributed by atoms with Crippen molar-refractivity contribution in [3.05, 3.63) is 119 Å². The van der Waals surface area contributed by atoms with Gasteiger partial charge in [-0.25, -0.2) is 4.98 Å². The molecule has 6 heteroatoms. The van der Waals surface area contributed by atoms with Gasteiger partial charge in [-0.15, -0.1) is 0 Å². The first-order valence-corrected chi connectivity index (χ1v) is 11.9. The SMILES string of the molecule is O=[N+]([O-])c1ccccc1-c1cccc(-c2ccc3[nH]c4cc5nc(-c6ccccc6)oc5cc4c3c2)c1. The zero-order valence-corrected chi connectivity index (χ0v) is 19.5. The Hall–Kier alpha value is -5.23. The summed E-state index contributed by atoms with van der Waals surface area (Å²) in [6.07, 6.45) is 0. The van der Waals surface area contributed by atoms with E-state index in [-0.39, 0.29) is 10.6 Å². The Bertz CT molecular complexity index is 1970. The maximum absolute atomic E-state index is 11.6. The van der Waals surface area contributed by atoms with Crippen LogP contribution in [0.5, 0.6) is 0 Å². The molecule has 0 amide bonds. The number of nitrogens with zero attached hydrogens (tertiary/aromatic N) is 2. The van der Waals surface area contributed by atoms with Gasteiger partial charge in [0, 0.05) is 33.4 Å². The normalized spacial score (nSPS) is 11.5. The van der Waals surface area contributed by atoms with E-state index in [1.54, 1.807) is 12.1 Å². The minimum absolute atomic E-state index is 0.0951. The molecule has 6 nitrogen and oxygen atoms in total. The summed E-state index contributed by atoms with van der Waals surface area (Å²) >= 11 is 0. The molecule has 7 aromatic rings. The van der Waals surface area contributed by atoms with Crippen LogP contribution in [0.3, 0.4) is 0 Å². The second-order valence-electron chi connectivity index (χ2n) is 8.99. The second kappa shape index (κ2) is 8.17. The first kappa shape index (κ1) is 21.1. The molecule has 5 aromatic carbocycles. The second-order valence-corrected chi connectivity index (χ2v) is 8.99. The summed E-state index contributed by atoms with van der Waals surface area (Å²) in [6, 6.07) is 34.9. The number of nitrogens with one attached hydrogen (secondary N) is 1. The summed E-state index contributed by atoms with van der Waals surface area (Å²) < 4.78 is 6.11. The van der Waals surface area contributed by atoms with E-state index in [0.717, 1.165) is 55.2 Å². The summed E-state index contributed by atoms with van der Waals surface area (Å²) in [7, 11) is 0. The van der Waals surface area contributed by atoms with Gasteiger partial charge in [0.2, 0.25) is 5.89 Å². The van der Waals surface area contributed by atoms with Crippen molar-refractivity contribution in [2.45, 2.75) is 0 Å². The van der Waals surface area contributed by atoms with E-state index < -0.39 is 0 Å². The Morgan fingerprint density at radius 2 is 1.41 bits per heavy atom. The van der Waals surface area contributed by atoms with Crippen molar-refractivity contribution >= 4 is 38.6 Å². The van der Waals surface area contributed by atoms with Crippen molar-refractivity contribution in [2.75, 3.05) is 0 Å². The third-order valence-corrected chi connectivity index (χ3v) is 6.74. The van der Waals surface area contributed by atoms with E-state index in [1.165, 1.54) is 6.07 Å². The van der Waals surface area contributed by atoms with E-state index in [1.807, 2.05) is 72.8 Å². The van der Waals surface area contributed by atoms with Crippen molar-refractivity contribution in [3.8, 4) is 33.7 Å². The van der Waals surface area contributed by atoms with Crippen molar-refractivity contribution < 1.29 is 9.34 Å². The molecule has 0 spiro atoms. The molecule has 2 aromatic heterocycles. The fourth-order valence-electron chi connectivity index (χ4n) is 4.95. The van der Waals surface area contributed by atoms with Crippen LogP contribution in [0.25, 0.3) is 66.6 Å². The Morgan fingerprint density at radius 3 is 2.27 bits per heavy atom. The average Bonchev–Trinajstić information content (AvgIpc) is 3.52. The molecule has 0 bridgehead atoms. The predicted octanol–water partition coefficient (Wildman–Crippen LogP) is 8.37. The topological polar surface area (TPSA) is 85.0 Å². The van der Waals surface area contributed by atoms with Crippen molar-refractivity contribution in [1.29, 1.82) is 0 Å². The smallest absolute Gasteiger partial charge is 0.277 e. The number of H-pyrrole nitrogens is 1. The molecule has 2 heterocycles. The Kier molecular flexibility index (Phi) is 4.66. The summed E-state index contributed by atoms with van der Waals surface area (Å²) in [5.41, 5.74) is 7.99. The van der Waals surface area contributed by atoms with Crippen molar-refractivity contribution in [1.82, 2.24) is 9.97 Å². The Labute approximate surface area is 211 Å². The van der Waals surface area contributed by atoms with Crippen molar-refractivity contribution in [3.63, 3.8) is 0 Å². The maximum Gasteiger partial charge on any atom is 0.277 e. The number of nitro groups is 1. The number of benzene rings is 5. The largest absolute Gasteiger partial charge is 0.436 e. The Balaban J connectivity index is 1.34. The molecule has 0 saturated heterocycles. The van der Waals surface area contributed by atoms with Gasteiger partial charge >= 0.3 is 0 Å². The number of oxazole rings is 1. The third-order valence-electron chi connectivity index (χ3n) is 6.74. The minimum Gasteiger partial charge on any atom is -0.436 e. The zero-order valence-electron chi connectivity index (χ0n) is 19.5. The minimum atomic E-state index is -0.340. The van der Waals surface area contributed by atoms with E-state index >= 15 is 0 Å². The standard InChI is InChI=1S/C31H19N3O3/c35-34(36)29-12-5-4-11-23(29)22-10-6-9-20(15-22)21-13-14-26-24(16-21)25-17-30-28(18-27(25)32-26)33-31(37-30)19-7-2-1-3-8-19/h1-18,32H. The monoisotopic (exact) mass is 481 g/mol. The number of aromatic nitrogens is 2. The summed E-state index contributed by atoms with van der Waals surface area (Å²) in [4.78, 5) is 19.4. The fraction of sp³-hybridized carbons (Fsp3) is 0.